The first-order valence-electron chi connectivity index (χ1n) is 18.3. The van der Waals surface area contributed by atoms with E-state index in [1.807, 2.05) is 41.0 Å². The highest BCUT2D eigenvalue weighted by Crippen LogP contribution is 2.57. The van der Waals surface area contributed by atoms with E-state index in [0.29, 0.717) is 27.7 Å². The number of nitrogens with zero attached hydrogens (tertiary/aromatic N) is 4. The highest BCUT2D eigenvalue weighted by Gasteiger charge is 2.67. The molecule has 4 atom stereocenters. The molecule has 14 nitrogen and oxygen atoms in total. The van der Waals surface area contributed by atoms with Crippen LogP contribution in [0.3, 0.4) is 0 Å². The van der Waals surface area contributed by atoms with Gasteiger partial charge in [-0.1, -0.05) is 48.5 Å². The molecule has 56 heavy (non-hydrogen) atoms. The van der Waals surface area contributed by atoms with Crippen LogP contribution in [0.1, 0.15) is 79.8 Å². The first kappa shape index (κ1) is 38.1. The van der Waals surface area contributed by atoms with Gasteiger partial charge < -0.3 is 23.5 Å². The second-order valence-corrected chi connectivity index (χ2v) is 16.1. The molecule has 3 aliphatic heterocycles. The molecule has 7 rings (SSSR count). The smallest absolute Gasteiger partial charge is 0.416 e. The molecule has 292 valence electrons. The lowest BCUT2D eigenvalue weighted by molar-refractivity contribution is -0.146. The number of methoxy groups -OCH3 is 2. The first-order valence-corrected chi connectivity index (χ1v) is 18.3. The fraction of sp³-hybridized carbons (Fsp3) is 0.381. The SMILES string of the molecule is COC(=O)[C@H]1C[C@@]2(n3cc(C[C@@H](C(=O)OC)N4C(=O)c5ccccc5C4=O)c4ccccc43)c3ccccc3N(C(=O)OC(C)(C)C)[C@H]2N1C(=O)OC(C)(C)C. The van der Waals surface area contributed by atoms with E-state index in [4.69, 9.17) is 18.9 Å². The van der Waals surface area contributed by atoms with E-state index in [9.17, 15) is 28.8 Å². The van der Waals surface area contributed by atoms with Crippen molar-refractivity contribution in [3.05, 3.63) is 101 Å². The van der Waals surface area contributed by atoms with Crippen molar-refractivity contribution in [3.63, 3.8) is 0 Å². The van der Waals surface area contributed by atoms with Crippen molar-refractivity contribution in [2.45, 2.75) is 89.4 Å². The topological polar surface area (TPSA) is 154 Å². The fourth-order valence-corrected chi connectivity index (χ4v) is 8.26. The van der Waals surface area contributed by atoms with Crippen LogP contribution in [0.25, 0.3) is 10.9 Å². The Balaban J connectivity index is 1.46. The van der Waals surface area contributed by atoms with E-state index in [-0.39, 0.29) is 24.0 Å². The number of aromatic nitrogens is 1. The van der Waals surface area contributed by atoms with Gasteiger partial charge in [-0.3, -0.25) is 24.3 Å². The number of anilines is 1. The number of esters is 2. The summed E-state index contributed by atoms with van der Waals surface area (Å²) >= 11 is 0. The highest BCUT2D eigenvalue weighted by atomic mass is 16.6. The third kappa shape index (κ3) is 6.03. The Bertz CT molecular complexity index is 2270. The van der Waals surface area contributed by atoms with Crippen LogP contribution in [-0.2, 0) is 40.5 Å². The van der Waals surface area contributed by atoms with Gasteiger partial charge in [0.25, 0.3) is 11.8 Å². The second-order valence-electron chi connectivity index (χ2n) is 16.1. The second kappa shape index (κ2) is 13.5. The molecule has 0 N–H and O–H groups in total. The lowest BCUT2D eigenvalue weighted by Gasteiger charge is -2.39. The maximum absolute atomic E-state index is 14.4. The summed E-state index contributed by atoms with van der Waals surface area (Å²) in [6.45, 7) is 10.3. The van der Waals surface area contributed by atoms with E-state index in [2.05, 4.69) is 0 Å². The number of ether oxygens (including phenoxy) is 4. The summed E-state index contributed by atoms with van der Waals surface area (Å²) in [5, 5.41) is 0.657. The Morgan fingerprint density at radius 2 is 1.34 bits per heavy atom. The maximum atomic E-state index is 14.4. The normalized spacial score (nSPS) is 20.8. The lowest BCUT2D eigenvalue weighted by Crippen LogP contribution is -2.59. The van der Waals surface area contributed by atoms with Crippen molar-refractivity contribution in [2.75, 3.05) is 19.1 Å². The largest absolute Gasteiger partial charge is 0.467 e. The van der Waals surface area contributed by atoms with Crippen molar-refractivity contribution >= 4 is 52.5 Å². The Morgan fingerprint density at radius 3 is 1.95 bits per heavy atom. The van der Waals surface area contributed by atoms with Gasteiger partial charge in [0.05, 0.1) is 31.0 Å². The summed E-state index contributed by atoms with van der Waals surface area (Å²) in [5.41, 5.74) is -0.704. The molecular formula is C42H44N4O10. The number of hydrogen-bond acceptors (Lipinski definition) is 10. The van der Waals surface area contributed by atoms with Crippen LogP contribution < -0.4 is 4.90 Å². The van der Waals surface area contributed by atoms with Gasteiger partial charge in [-0.15, -0.1) is 0 Å². The molecule has 4 heterocycles. The molecule has 4 amide bonds. The lowest BCUT2D eigenvalue weighted by atomic mass is 9.86. The van der Waals surface area contributed by atoms with Crippen molar-refractivity contribution < 1.29 is 47.7 Å². The summed E-state index contributed by atoms with van der Waals surface area (Å²) in [5.74, 6) is -2.76. The van der Waals surface area contributed by atoms with Crippen molar-refractivity contribution in [1.82, 2.24) is 14.4 Å². The van der Waals surface area contributed by atoms with E-state index in [0.717, 1.165) is 4.90 Å². The molecule has 4 aromatic rings. The molecule has 0 unspecified atom stereocenters. The molecule has 0 bridgehead atoms. The number of imide groups is 1. The van der Waals surface area contributed by atoms with Gasteiger partial charge in [0.1, 0.15) is 35.0 Å². The average Bonchev–Trinajstić information content (AvgIpc) is 3.84. The summed E-state index contributed by atoms with van der Waals surface area (Å²) in [7, 11) is 2.42. The van der Waals surface area contributed by atoms with Crippen LogP contribution in [0.4, 0.5) is 15.3 Å². The zero-order chi connectivity index (χ0) is 40.5. The minimum atomic E-state index is -1.38. The number of hydrogen-bond donors (Lipinski definition) is 0. The van der Waals surface area contributed by atoms with Crippen molar-refractivity contribution in [1.29, 1.82) is 0 Å². The predicted molar refractivity (Wildman–Crippen MR) is 203 cm³/mol. The van der Waals surface area contributed by atoms with Gasteiger partial charge in [0, 0.05) is 35.5 Å². The third-order valence-corrected chi connectivity index (χ3v) is 10.3. The van der Waals surface area contributed by atoms with E-state index in [1.54, 1.807) is 72.0 Å². The minimum Gasteiger partial charge on any atom is -0.467 e. The van der Waals surface area contributed by atoms with E-state index >= 15 is 0 Å². The van der Waals surface area contributed by atoms with Crippen LogP contribution in [0.15, 0.2) is 79.0 Å². The van der Waals surface area contributed by atoms with Crippen LogP contribution >= 0.6 is 0 Å². The van der Waals surface area contributed by atoms with Crippen molar-refractivity contribution in [2.24, 2.45) is 0 Å². The van der Waals surface area contributed by atoms with E-state index < -0.39 is 70.9 Å². The minimum absolute atomic E-state index is 0.0587. The fourth-order valence-electron chi connectivity index (χ4n) is 8.26. The van der Waals surface area contributed by atoms with E-state index in [1.165, 1.54) is 36.2 Å². The number of fused-ring (bicyclic) bond motifs is 5. The standard InChI is InChI=1S/C42H44N4O10/c1-40(2,3)55-38(51)45-30-20-14-12-18-28(30)42(22-32(36(50)54-8)46(37(42)45)39(52)56-41(4,5)6)43-23-24(25-15-11-13-19-29(25)43)21-31(35(49)53-7)44-33(47)26-16-9-10-17-27(26)34(44)48/h9-20,23,31-32,37H,21-22H2,1-8H3/t31-,32+,37-,42+/m0/s1. The predicted octanol–water partition coefficient (Wildman–Crippen LogP) is 6.03. The molecule has 14 heteroatoms. The number of likely N-dealkylation sites (tertiary alicyclic amines) is 1. The van der Waals surface area contributed by atoms with Gasteiger partial charge in [-0.2, -0.15) is 0 Å². The van der Waals surface area contributed by atoms with Crippen LogP contribution in [-0.4, -0.2) is 94.0 Å². The summed E-state index contributed by atoms with van der Waals surface area (Å²) in [6, 6.07) is 18.3. The Labute approximate surface area is 323 Å². The average molecular weight is 765 g/mol. The number of para-hydroxylation sites is 2. The summed E-state index contributed by atoms with van der Waals surface area (Å²) in [4.78, 5) is 87.2. The zero-order valence-electron chi connectivity index (χ0n) is 32.5. The molecule has 0 aliphatic carbocycles. The number of carbonyl (C=O) groups is 6. The Morgan fingerprint density at radius 1 is 0.768 bits per heavy atom. The third-order valence-electron chi connectivity index (χ3n) is 10.3. The number of benzene rings is 3. The quantitative estimate of drug-likeness (QED) is 0.129. The Kier molecular flexibility index (Phi) is 9.21. The van der Waals surface area contributed by atoms with Gasteiger partial charge in [0.15, 0.2) is 0 Å². The molecule has 3 aromatic carbocycles. The van der Waals surface area contributed by atoms with Crippen molar-refractivity contribution in [3.8, 4) is 0 Å². The van der Waals surface area contributed by atoms with Crippen LogP contribution in [0.5, 0.6) is 0 Å². The number of rotatable bonds is 6. The van der Waals surface area contributed by atoms with Gasteiger partial charge in [-0.05, 0) is 71.4 Å². The highest BCUT2D eigenvalue weighted by molar-refractivity contribution is 6.22. The zero-order valence-corrected chi connectivity index (χ0v) is 32.5. The van der Waals surface area contributed by atoms with Gasteiger partial charge in [0.2, 0.25) is 0 Å². The van der Waals surface area contributed by atoms with Crippen LogP contribution in [0, 0.1) is 0 Å². The molecule has 1 aromatic heterocycles. The van der Waals surface area contributed by atoms with Gasteiger partial charge >= 0.3 is 24.1 Å². The Hall–Kier alpha value is -6.18. The molecule has 1 fully saturated rings. The summed E-state index contributed by atoms with van der Waals surface area (Å²) < 4.78 is 24.3. The maximum Gasteiger partial charge on any atom is 0.416 e. The van der Waals surface area contributed by atoms with Crippen LogP contribution in [0.2, 0.25) is 0 Å². The molecule has 0 radical (unpaired) electrons. The van der Waals surface area contributed by atoms with Gasteiger partial charge in [-0.25, -0.2) is 19.2 Å². The number of carbonyl (C=O) groups excluding carboxylic acids is 6. The number of amides is 4. The molecule has 3 aliphatic rings. The molecule has 0 saturated carbocycles. The molecule has 1 saturated heterocycles. The first-order chi connectivity index (χ1) is 26.4. The monoisotopic (exact) mass is 764 g/mol. The molecular weight excluding hydrogens is 720 g/mol. The molecule has 0 spiro atoms. The summed E-state index contributed by atoms with van der Waals surface area (Å²) in [6.07, 6.45) is -1.26.